The van der Waals surface area contributed by atoms with Gasteiger partial charge in [0.15, 0.2) is 0 Å². The molecule has 0 unspecified atom stereocenters. The first-order valence-corrected chi connectivity index (χ1v) is 15.2. The molecule has 0 aliphatic heterocycles. The van der Waals surface area contributed by atoms with Gasteiger partial charge in [0.2, 0.25) is 5.91 Å². The van der Waals surface area contributed by atoms with Crippen LogP contribution in [0.1, 0.15) is 116 Å². The smallest absolute Gasteiger partial charge is 0.349 e. The van der Waals surface area contributed by atoms with E-state index >= 15 is 0 Å². The van der Waals surface area contributed by atoms with E-state index in [2.05, 4.69) is 11.7 Å². The summed E-state index contributed by atoms with van der Waals surface area (Å²) < 4.78 is 65.5. The molecule has 0 heterocycles. The Morgan fingerprint density at radius 3 is 1.25 bits per heavy atom. The molecule has 2 radical (unpaired) electrons. The second-order valence-corrected chi connectivity index (χ2v) is 12.3. The number of carbonyl (C=O) groups excluding carboxylic acids is 2. The third-order valence-corrected chi connectivity index (χ3v) is 9.33. The van der Waals surface area contributed by atoms with Crippen molar-refractivity contribution in [3.05, 3.63) is 0 Å². The molecule has 0 aromatic heterocycles. The molecule has 14 heteroatoms. The first-order valence-electron chi connectivity index (χ1n) is 12.3. The number of carbonyl (C=O) groups is 2. The van der Waals surface area contributed by atoms with Crippen molar-refractivity contribution >= 4 is 91.2 Å². The summed E-state index contributed by atoms with van der Waals surface area (Å²) in [5, 5.41) is 0. The Hall–Kier alpha value is 0.760. The van der Waals surface area contributed by atoms with E-state index < -0.39 is 42.6 Å². The molecule has 36 heavy (non-hydrogen) atoms. The maximum absolute atomic E-state index is 12.1. The largest absolute Gasteiger partial charge is 0.464 e. The normalized spacial score (nSPS) is 11.9. The average molecular weight is 576 g/mol. The monoisotopic (exact) mass is 575 g/mol. The summed E-state index contributed by atoms with van der Waals surface area (Å²) in [6, 6.07) is 0. The number of esters is 1. The van der Waals surface area contributed by atoms with Crippen LogP contribution < -0.4 is 5.73 Å². The summed E-state index contributed by atoms with van der Waals surface area (Å²) in [6.45, 7) is 1.89. The van der Waals surface area contributed by atoms with E-state index in [1.165, 1.54) is 64.2 Å². The van der Waals surface area contributed by atoms with E-state index in [1.807, 2.05) is 0 Å². The van der Waals surface area contributed by atoms with Crippen LogP contribution in [-0.4, -0.2) is 108 Å². The standard InChI is InChI=1S/C22H43NO9S2.2Na/c1-2-3-4-5-6-7-8-9-10-11-12-13-14-15-16-17-18-32-21(25)22(19-20(23)24,33(26,27)28)34(29,30)31;;/h2-19H2,1H3,(H2,23,24)(H,26,27,28)(H,29,30,31);;. The van der Waals surface area contributed by atoms with Crippen LogP contribution in [0.3, 0.4) is 0 Å². The molecule has 0 fully saturated rings. The number of nitrogens with two attached hydrogens (primary N) is 1. The van der Waals surface area contributed by atoms with Crippen molar-refractivity contribution in [1.29, 1.82) is 0 Å². The molecule has 0 saturated carbocycles. The second kappa shape index (κ2) is 22.6. The minimum absolute atomic E-state index is 0. The minimum atomic E-state index is -5.76. The summed E-state index contributed by atoms with van der Waals surface area (Å²) in [7, 11) is -11.5. The van der Waals surface area contributed by atoms with Crippen molar-refractivity contribution in [1.82, 2.24) is 0 Å². The van der Waals surface area contributed by atoms with Crippen LogP contribution in [0.4, 0.5) is 0 Å². The van der Waals surface area contributed by atoms with Crippen molar-refractivity contribution in [2.45, 2.75) is 120 Å². The van der Waals surface area contributed by atoms with Crippen molar-refractivity contribution in [2.75, 3.05) is 6.61 Å². The molecule has 0 rings (SSSR count). The molecule has 10 nitrogen and oxygen atoms in total. The van der Waals surface area contributed by atoms with Crippen LogP contribution in [0.15, 0.2) is 0 Å². The van der Waals surface area contributed by atoms with Gasteiger partial charge in [-0.25, -0.2) is 4.79 Å². The van der Waals surface area contributed by atoms with Gasteiger partial charge in [0, 0.05) is 59.1 Å². The van der Waals surface area contributed by atoms with Crippen molar-refractivity contribution < 1.29 is 40.3 Å². The molecule has 0 bridgehead atoms. The molecule has 0 aliphatic carbocycles. The molecular formula is C22H43NNa2O9S2. The van der Waals surface area contributed by atoms with E-state index in [4.69, 9.17) is 5.73 Å². The number of amides is 1. The fourth-order valence-corrected chi connectivity index (χ4v) is 6.01. The Kier molecular flexibility index (Phi) is 25.9. The molecule has 0 spiro atoms. The molecule has 0 aromatic rings. The maximum Gasteiger partial charge on any atom is 0.349 e. The predicted octanol–water partition coefficient (Wildman–Crippen LogP) is 3.38. The van der Waals surface area contributed by atoms with E-state index in [9.17, 15) is 35.5 Å². The van der Waals surface area contributed by atoms with E-state index in [0.29, 0.717) is 12.8 Å². The Morgan fingerprint density at radius 1 is 0.667 bits per heavy atom. The van der Waals surface area contributed by atoms with Crippen LogP contribution in [-0.2, 0) is 34.6 Å². The summed E-state index contributed by atoms with van der Waals surface area (Å²) in [5.41, 5.74) is 4.81. The summed E-state index contributed by atoms with van der Waals surface area (Å²) >= 11 is 0. The fraction of sp³-hybridized carbons (Fsp3) is 0.909. The van der Waals surface area contributed by atoms with Crippen LogP contribution in [0.5, 0.6) is 0 Å². The molecule has 1 amide bonds. The van der Waals surface area contributed by atoms with Gasteiger partial charge < -0.3 is 10.5 Å². The zero-order valence-corrected chi connectivity index (χ0v) is 28.0. The SMILES string of the molecule is CCCCCCCCCCCCCCCCCCOC(=O)C(CC(N)=O)(S(=O)(=O)O)S(=O)(=O)O.[Na].[Na]. The molecule has 0 saturated heterocycles. The number of hydrogen-bond donors (Lipinski definition) is 3. The van der Waals surface area contributed by atoms with E-state index in [0.717, 1.165) is 25.7 Å². The zero-order chi connectivity index (χ0) is 26.1. The number of primary amides is 1. The molecule has 4 N–H and O–H groups in total. The molecule has 0 aliphatic rings. The third kappa shape index (κ3) is 16.7. The van der Waals surface area contributed by atoms with Gasteiger partial charge in [-0.05, 0) is 6.42 Å². The first kappa shape index (κ1) is 41.2. The van der Waals surface area contributed by atoms with E-state index in [1.54, 1.807) is 0 Å². The molecular weight excluding hydrogens is 532 g/mol. The fourth-order valence-electron chi connectivity index (χ4n) is 3.75. The Bertz CT molecular complexity index is 774. The minimum Gasteiger partial charge on any atom is -0.464 e. The summed E-state index contributed by atoms with van der Waals surface area (Å²) in [5.74, 6) is -3.49. The molecule has 0 atom stereocenters. The second-order valence-electron chi connectivity index (χ2n) is 8.79. The van der Waals surface area contributed by atoms with Gasteiger partial charge in [-0.3, -0.25) is 13.9 Å². The maximum atomic E-state index is 12.1. The number of rotatable bonds is 22. The van der Waals surface area contributed by atoms with Crippen LogP contribution in [0.2, 0.25) is 0 Å². The predicted molar refractivity (Wildman–Crippen MR) is 142 cm³/mol. The summed E-state index contributed by atoms with van der Waals surface area (Å²) in [4.78, 5) is 23.3. The van der Waals surface area contributed by atoms with Gasteiger partial charge in [-0.2, -0.15) is 16.8 Å². The van der Waals surface area contributed by atoms with Gasteiger partial charge in [-0.15, -0.1) is 0 Å². The number of hydrogen-bond acceptors (Lipinski definition) is 7. The number of unbranched alkanes of at least 4 members (excludes halogenated alkanes) is 15. The van der Waals surface area contributed by atoms with Crippen LogP contribution >= 0.6 is 0 Å². The van der Waals surface area contributed by atoms with Crippen molar-refractivity contribution in [2.24, 2.45) is 5.73 Å². The van der Waals surface area contributed by atoms with Gasteiger partial charge in [0.25, 0.3) is 20.2 Å². The van der Waals surface area contributed by atoms with Gasteiger partial charge in [-0.1, -0.05) is 103 Å². The van der Waals surface area contributed by atoms with Crippen LogP contribution in [0, 0.1) is 0 Å². The van der Waals surface area contributed by atoms with Gasteiger partial charge in [0.1, 0.15) is 0 Å². The first-order chi connectivity index (χ1) is 15.9. The van der Waals surface area contributed by atoms with Gasteiger partial charge in [0.05, 0.1) is 13.0 Å². The molecule has 0 aromatic carbocycles. The average Bonchev–Trinajstić information content (AvgIpc) is 2.72. The Balaban J connectivity index is -0.00000544. The van der Waals surface area contributed by atoms with Crippen LogP contribution in [0.25, 0.3) is 0 Å². The van der Waals surface area contributed by atoms with Crippen molar-refractivity contribution in [3.63, 3.8) is 0 Å². The summed E-state index contributed by atoms with van der Waals surface area (Å²) in [6.07, 6.45) is 16.4. The zero-order valence-electron chi connectivity index (χ0n) is 22.4. The van der Waals surface area contributed by atoms with Crippen molar-refractivity contribution in [3.8, 4) is 0 Å². The molecule has 204 valence electrons. The number of ether oxygens (including phenoxy) is 1. The van der Waals surface area contributed by atoms with Gasteiger partial charge >= 0.3 is 10.0 Å². The third-order valence-electron chi connectivity index (χ3n) is 5.78. The Labute approximate surface area is 261 Å². The quantitative estimate of drug-likeness (QED) is 0.0755. The van der Waals surface area contributed by atoms with E-state index in [-0.39, 0.29) is 65.7 Å². The Morgan fingerprint density at radius 2 is 0.972 bits per heavy atom. The topological polar surface area (TPSA) is 178 Å².